The summed E-state index contributed by atoms with van der Waals surface area (Å²) >= 11 is 0. The first kappa shape index (κ1) is 26.5. The number of hydrogen-bond donors (Lipinski definition) is 0. The van der Waals surface area contributed by atoms with E-state index in [0.29, 0.717) is 18.5 Å². The maximum Gasteiger partial charge on any atom is 0.416 e. The van der Waals surface area contributed by atoms with Crippen molar-refractivity contribution in [3.05, 3.63) is 107 Å². The lowest BCUT2D eigenvalue weighted by atomic mass is 9.73. The molecule has 2 aliphatic heterocycles. The molecule has 202 valence electrons. The average molecular weight is 536 g/mol. The molecule has 2 heterocycles. The SMILES string of the molecule is O=C(CN1CCC(c2ccccc2)(c2ccccc2)C1=O)N1CCN(Cc2cccc(C(F)(F)F)c2)C(=O)C1. The summed E-state index contributed by atoms with van der Waals surface area (Å²) in [5, 5.41) is 0. The van der Waals surface area contributed by atoms with Gasteiger partial charge in [0.25, 0.3) is 0 Å². The van der Waals surface area contributed by atoms with Crippen molar-refractivity contribution in [2.24, 2.45) is 0 Å². The van der Waals surface area contributed by atoms with Crippen molar-refractivity contribution in [2.45, 2.75) is 24.6 Å². The number of rotatable bonds is 6. The second-order valence-electron chi connectivity index (χ2n) is 9.94. The number of likely N-dealkylation sites (tertiary alicyclic amines) is 1. The molecule has 0 unspecified atom stereocenters. The van der Waals surface area contributed by atoms with E-state index >= 15 is 0 Å². The molecule has 5 rings (SSSR count). The number of hydrogen-bond acceptors (Lipinski definition) is 3. The van der Waals surface area contributed by atoms with Crippen molar-refractivity contribution in [3.8, 4) is 0 Å². The summed E-state index contributed by atoms with van der Waals surface area (Å²) < 4.78 is 39.1. The van der Waals surface area contributed by atoms with Gasteiger partial charge in [-0.15, -0.1) is 0 Å². The highest BCUT2D eigenvalue weighted by molar-refractivity contribution is 5.97. The third kappa shape index (κ3) is 5.26. The van der Waals surface area contributed by atoms with Crippen LogP contribution in [0.1, 0.15) is 28.7 Å². The maximum atomic E-state index is 13.9. The van der Waals surface area contributed by atoms with Crippen LogP contribution in [-0.2, 0) is 32.5 Å². The molecule has 0 atom stereocenters. The van der Waals surface area contributed by atoms with E-state index in [2.05, 4.69) is 0 Å². The molecule has 39 heavy (non-hydrogen) atoms. The third-order valence-electron chi connectivity index (χ3n) is 7.57. The molecule has 2 aliphatic rings. The summed E-state index contributed by atoms with van der Waals surface area (Å²) in [4.78, 5) is 44.3. The minimum absolute atomic E-state index is 0.0338. The molecule has 0 aliphatic carbocycles. The number of nitrogens with zero attached hydrogens (tertiary/aromatic N) is 3. The maximum absolute atomic E-state index is 13.9. The fourth-order valence-electron chi connectivity index (χ4n) is 5.50. The molecule has 0 spiro atoms. The van der Waals surface area contributed by atoms with Crippen LogP contribution in [0, 0.1) is 0 Å². The van der Waals surface area contributed by atoms with Crippen molar-refractivity contribution in [3.63, 3.8) is 0 Å². The third-order valence-corrected chi connectivity index (χ3v) is 7.57. The summed E-state index contributed by atoms with van der Waals surface area (Å²) in [7, 11) is 0. The highest BCUT2D eigenvalue weighted by Crippen LogP contribution is 2.42. The predicted molar refractivity (Wildman–Crippen MR) is 138 cm³/mol. The van der Waals surface area contributed by atoms with Crippen LogP contribution in [0.5, 0.6) is 0 Å². The van der Waals surface area contributed by atoms with Crippen molar-refractivity contribution >= 4 is 17.7 Å². The Morgan fingerprint density at radius 3 is 2.03 bits per heavy atom. The van der Waals surface area contributed by atoms with Crippen LogP contribution >= 0.6 is 0 Å². The Morgan fingerprint density at radius 2 is 1.44 bits per heavy atom. The summed E-state index contributed by atoms with van der Waals surface area (Å²) in [6, 6.07) is 24.0. The van der Waals surface area contributed by atoms with E-state index in [9.17, 15) is 27.6 Å². The lowest BCUT2D eigenvalue weighted by Crippen LogP contribution is -2.54. The quantitative estimate of drug-likeness (QED) is 0.478. The molecule has 0 radical (unpaired) electrons. The van der Waals surface area contributed by atoms with Crippen LogP contribution in [0.2, 0.25) is 0 Å². The first-order valence-electron chi connectivity index (χ1n) is 12.8. The molecule has 3 aromatic carbocycles. The first-order valence-corrected chi connectivity index (χ1v) is 12.8. The Bertz CT molecular complexity index is 1320. The highest BCUT2D eigenvalue weighted by atomic mass is 19.4. The molecule has 0 aromatic heterocycles. The van der Waals surface area contributed by atoms with Gasteiger partial charge in [-0.1, -0.05) is 72.8 Å². The van der Waals surface area contributed by atoms with Crippen molar-refractivity contribution in [1.82, 2.24) is 14.7 Å². The Morgan fingerprint density at radius 1 is 0.795 bits per heavy atom. The summed E-state index contributed by atoms with van der Waals surface area (Å²) in [6.45, 7) is 0.564. The van der Waals surface area contributed by atoms with Gasteiger partial charge in [0.1, 0.15) is 5.41 Å². The summed E-state index contributed by atoms with van der Waals surface area (Å²) in [5.41, 5.74) is 0.462. The average Bonchev–Trinajstić information content (AvgIpc) is 3.26. The highest BCUT2D eigenvalue weighted by Gasteiger charge is 2.49. The second kappa shape index (κ2) is 10.6. The lowest BCUT2D eigenvalue weighted by Gasteiger charge is -2.35. The largest absolute Gasteiger partial charge is 0.416 e. The molecular weight excluding hydrogens is 507 g/mol. The van der Waals surface area contributed by atoms with E-state index in [1.54, 1.807) is 11.0 Å². The first-order chi connectivity index (χ1) is 18.7. The Hall–Kier alpha value is -4.14. The molecule has 0 bridgehead atoms. The van der Waals surface area contributed by atoms with Gasteiger partial charge >= 0.3 is 6.18 Å². The molecule has 2 fully saturated rings. The number of carbonyl (C=O) groups excluding carboxylic acids is 3. The van der Waals surface area contributed by atoms with E-state index in [1.807, 2.05) is 60.7 Å². The standard InChI is InChI=1S/C30H28F3N3O3/c31-30(32,33)25-13-7-8-22(18-25)19-34-16-17-35(20-26(34)37)27(38)21-36-15-14-29(28(36)39,23-9-3-1-4-10-23)24-11-5-2-6-12-24/h1-13,18H,14-17,19-21H2. The van der Waals surface area contributed by atoms with Gasteiger partial charge in [-0.3, -0.25) is 14.4 Å². The minimum atomic E-state index is -4.46. The molecule has 2 saturated heterocycles. The van der Waals surface area contributed by atoms with Crippen LogP contribution in [0.4, 0.5) is 13.2 Å². The van der Waals surface area contributed by atoms with Crippen molar-refractivity contribution in [1.29, 1.82) is 0 Å². The van der Waals surface area contributed by atoms with E-state index < -0.39 is 17.2 Å². The Balaban J connectivity index is 1.25. The molecule has 0 saturated carbocycles. The van der Waals surface area contributed by atoms with Crippen molar-refractivity contribution in [2.75, 3.05) is 32.7 Å². The zero-order valence-electron chi connectivity index (χ0n) is 21.2. The van der Waals surface area contributed by atoms with E-state index in [4.69, 9.17) is 0 Å². The van der Waals surface area contributed by atoms with Crippen LogP contribution in [-0.4, -0.2) is 65.1 Å². The fraction of sp³-hybridized carbons (Fsp3) is 0.300. The van der Waals surface area contributed by atoms with Crippen molar-refractivity contribution < 1.29 is 27.6 Å². The van der Waals surface area contributed by atoms with E-state index in [1.165, 1.54) is 15.9 Å². The molecule has 6 nitrogen and oxygen atoms in total. The van der Waals surface area contributed by atoms with Gasteiger partial charge in [-0.05, 0) is 35.2 Å². The molecule has 0 N–H and O–H groups in total. The fourth-order valence-corrected chi connectivity index (χ4v) is 5.50. The number of halogens is 3. The van der Waals surface area contributed by atoms with E-state index in [0.717, 1.165) is 23.3 Å². The zero-order valence-corrected chi connectivity index (χ0v) is 21.2. The predicted octanol–water partition coefficient (Wildman–Crippen LogP) is 4.09. The molecular formula is C30H28F3N3O3. The lowest BCUT2D eigenvalue weighted by molar-refractivity contribution is -0.147. The van der Waals surface area contributed by atoms with Gasteiger partial charge in [0, 0.05) is 26.2 Å². The number of carbonyl (C=O) groups is 3. The van der Waals surface area contributed by atoms with Gasteiger partial charge in [-0.2, -0.15) is 13.2 Å². The minimum Gasteiger partial charge on any atom is -0.335 e. The van der Waals surface area contributed by atoms with E-state index in [-0.39, 0.29) is 50.4 Å². The van der Waals surface area contributed by atoms with Gasteiger partial charge in [0.2, 0.25) is 17.7 Å². The normalized spacial score (nSPS) is 17.6. The van der Waals surface area contributed by atoms with Gasteiger partial charge in [0.15, 0.2) is 0 Å². The zero-order chi connectivity index (χ0) is 27.6. The number of amides is 3. The summed E-state index contributed by atoms with van der Waals surface area (Å²) in [6.07, 6.45) is -3.94. The van der Waals surface area contributed by atoms with Gasteiger partial charge in [0.05, 0.1) is 18.7 Å². The monoisotopic (exact) mass is 535 g/mol. The number of alkyl halides is 3. The summed E-state index contributed by atoms with van der Waals surface area (Å²) in [5.74, 6) is -0.822. The van der Waals surface area contributed by atoms with Gasteiger partial charge in [-0.25, -0.2) is 0 Å². The molecule has 3 amide bonds. The number of benzene rings is 3. The second-order valence-corrected chi connectivity index (χ2v) is 9.94. The van der Waals surface area contributed by atoms with Crippen LogP contribution in [0.3, 0.4) is 0 Å². The van der Waals surface area contributed by atoms with Gasteiger partial charge < -0.3 is 14.7 Å². The smallest absolute Gasteiger partial charge is 0.335 e. The Labute approximate surface area is 224 Å². The Kier molecular flexibility index (Phi) is 7.16. The molecule has 3 aromatic rings. The topological polar surface area (TPSA) is 60.9 Å². The van der Waals surface area contributed by atoms with Crippen LogP contribution < -0.4 is 0 Å². The van der Waals surface area contributed by atoms with Crippen LogP contribution in [0.15, 0.2) is 84.9 Å². The molecule has 9 heteroatoms. The number of piperazine rings is 1. The van der Waals surface area contributed by atoms with Crippen LogP contribution in [0.25, 0.3) is 0 Å².